The highest BCUT2D eigenvalue weighted by Gasteiger charge is 2.11. The summed E-state index contributed by atoms with van der Waals surface area (Å²) in [4.78, 5) is 4.04. The van der Waals surface area contributed by atoms with Gasteiger partial charge in [0.2, 0.25) is 0 Å². The lowest BCUT2D eigenvalue weighted by Crippen LogP contribution is -2.17. The van der Waals surface area contributed by atoms with Crippen molar-refractivity contribution in [3.05, 3.63) is 34.6 Å². The van der Waals surface area contributed by atoms with Crippen LogP contribution in [-0.2, 0) is 26.6 Å². The van der Waals surface area contributed by atoms with Gasteiger partial charge in [-0.15, -0.1) is 0 Å². The van der Waals surface area contributed by atoms with Crippen LogP contribution in [0.15, 0.2) is 23.2 Å². The first-order chi connectivity index (χ1) is 9.72. The molecule has 6 heteroatoms. The van der Waals surface area contributed by atoms with E-state index in [4.69, 9.17) is 0 Å². The third-order valence-electron chi connectivity index (χ3n) is 3.37. The van der Waals surface area contributed by atoms with E-state index >= 15 is 0 Å². The molecule has 0 aliphatic heterocycles. The van der Waals surface area contributed by atoms with Crippen LogP contribution in [0.4, 0.5) is 0 Å². The molecule has 1 N–H and O–H groups in total. The third kappa shape index (κ3) is 3.93. The first-order valence-corrected chi connectivity index (χ1v) is 7.88. The maximum Gasteiger partial charge on any atom is 0.0945 e. The van der Waals surface area contributed by atoms with E-state index in [0.717, 1.165) is 49.1 Å². The summed E-state index contributed by atoms with van der Waals surface area (Å²) in [5.41, 5.74) is 2.35. The van der Waals surface area contributed by atoms with E-state index in [-0.39, 0.29) is 0 Å². The van der Waals surface area contributed by atoms with E-state index < -0.39 is 0 Å². The Kier molecular flexibility index (Phi) is 5.79. The van der Waals surface area contributed by atoms with E-state index in [2.05, 4.69) is 42.8 Å². The number of aromatic nitrogens is 4. The van der Waals surface area contributed by atoms with Crippen LogP contribution < -0.4 is 5.32 Å². The predicted octanol–water partition coefficient (Wildman–Crippen LogP) is 2.51. The molecule has 2 aromatic rings. The minimum Gasteiger partial charge on any atom is -0.337 e. The number of imidazole rings is 1. The van der Waals surface area contributed by atoms with Crippen LogP contribution in [0.25, 0.3) is 0 Å². The first kappa shape index (κ1) is 15.3. The molecule has 5 nitrogen and oxygen atoms in total. The van der Waals surface area contributed by atoms with Gasteiger partial charge in [0, 0.05) is 32.5 Å². The summed E-state index contributed by atoms with van der Waals surface area (Å²) in [6.07, 6.45) is 8.98. The molecule has 0 spiro atoms. The van der Waals surface area contributed by atoms with Crippen molar-refractivity contribution in [2.24, 2.45) is 7.05 Å². The molecule has 0 radical (unpaired) electrons. The number of hydrogen-bond donors (Lipinski definition) is 1. The van der Waals surface area contributed by atoms with Crippen molar-refractivity contribution in [2.75, 3.05) is 6.54 Å². The summed E-state index contributed by atoms with van der Waals surface area (Å²) >= 11 is 3.64. The molecule has 0 aromatic carbocycles. The van der Waals surface area contributed by atoms with Gasteiger partial charge in [0.1, 0.15) is 0 Å². The third-order valence-corrected chi connectivity index (χ3v) is 4.29. The van der Waals surface area contributed by atoms with Crippen molar-refractivity contribution in [1.82, 2.24) is 24.6 Å². The molecule has 0 saturated heterocycles. The molecule has 2 heterocycles. The van der Waals surface area contributed by atoms with Crippen molar-refractivity contribution in [2.45, 2.75) is 39.3 Å². The molecule has 110 valence electrons. The van der Waals surface area contributed by atoms with Gasteiger partial charge in [0.05, 0.1) is 22.2 Å². The minimum absolute atomic E-state index is 0.856. The Morgan fingerprint density at radius 2 is 2.20 bits per heavy atom. The number of nitrogens with zero attached hydrogens (tertiary/aromatic N) is 4. The molecular formula is C14H22BrN5. The standard InChI is InChI=1S/C14H22BrN5/c1-3-12-14(15)13(19(2)18-12)10-16-6-4-5-8-20-9-7-17-11-20/h7,9,11,16H,3-6,8,10H2,1-2H3. The van der Waals surface area contributed by atoms with E-state index in [1.807, 2.05) is 30.5 Å². The molecule has 0 aliphatic carbocycles. The van der Waals surface area contributed by atoms with Crippen LogP contribution in [0.5, 0.6) is 0 Å². The summed E-state index contributed by atoms with van der Waals surface area (Å²) in [6, 6.07) is 0. The van der Waals surface area contributed by atoms with Gasteiger partial charge in [-0.1, -0.05) is 6.92 Å². The number of nitrogens with one attached hydrogen (secondary N) is 1. The lowest BCUT2D eigenvalue weighted by molar-refractivity contribution is 0.555. The molecule has 0 amide bonds. The highest BCUT2D eigenvalue weighted by atomic mass is 79.9. The Hall–Kier alpha value is -1.14. The van der Waals surface area contributed by atoms with Crippen LogP contribution in [0.3, 0.4) is 0 Å². The quantitative estimate of drug-likeness (QED) is 0.751. The van der Waals surface area contributed by atoms with Crippen molar-refractivity contribution < 1.29 is 0 Å². The maximum atomic E-state index is 4.50. The number of unbranched alkanes of at least 4 members (excludes halogenated alkanes) is 1. The highest BCUT2D eigenvalue weighted by molar-refractivity contribution is 9.10. The van der Waals surface area contributed by atoms with Gasteiger partial charge < -0.3 is 9.88 Å². The maximum absolute atomic E-state index is 4.50. The Labute approximate surface area is 128 Å². The van der Waals surface area contributed by atoms with Crippen LogP contribution in [0, 0.1) is 0 Å². The van der Waals surface area contributed by atoms with Crippen molar-refractivity contribution >= 4 is 15.9 Å². The second kappa shape index (κ2) is 7.59. The predicted molar refractivity (Wildman–Crippen MR) is 83.5 cm³/mol. The normalized spacial score (nSPS) is 11.2. The SMILES string of the molecule is CCc1nn(C)c(CNCCCCn2ccnc2)c1Br. The number of aryl methyl sites for hydroxylation is 3. The van der Waals surface area contributed by atoms with Crippen LogP contribution in [-0.4, -0.2) is 25.9 Å². The molecule has 0 unspecified atom stereocenters. The zero-order chi connectivity index (χ0) is 14.4. The van der Waals surface area contributed by atoms with E-state index in [9.17, 15) is 0 Å². The average Bonchev–Trinajstić information content (AvgIpc) is 3.04. The monoisotopic (exact) mass is 339 g/mol. The second-order valence-electron chi connectivity index (χ2n) is 4.87. The van der Waals surface area contributed by atoms with Crippen LogP contribution in [0.2, 0.25) is 0 Å². The van der Waals surface area contributed by atoms with Crippen molar-refractivity contribution in [3.8, 4) is 0 Å². The van der Waals surface area contributed by atoms with Gasteiger partial charge in [-0.05, 0) is 41.7 Å². The fourth-order valence-electron chi connectivity index (χ4n) is 2.18. The molecule has 2 rings (SSSR count). The van der Waals surface area contributed by atoms with E-state index in [0.29, 0.717) is 0 Å². The van der Waals surface area contributed by atoms with Gasteiger partial charge in [0.25, 0.3) is 0 Å². The van der Waals surface area contributed by atoms with E-state index in [1.165, 1.54) is 5.69 Å². The number of hydrogen-bond acceptors (Lipinski definition) is 3. The molecule has 2 aromatic heterocycles. The molecule has 0 aliphatic rings. The van der Waals surface area contributed by atoms with Crippen LogP contribution in [0.1, 0.15) is 31.2 Å². The van der Waals surface area contributed by atoms with Crippen molar-refractivity contribution in [1.29, 1.82) is 0 Å². The topological polar surface area (TPSA) is 47.7 Å². The number of halogens is 1. The van der Waals surface area contributed by atoms with Crippen molar-refractivity contribution in [3.63, 3.8) is 0 Å². The molecule has 0 fully saturated rings. The van der Waals surface area contributed by atoms with Gasteiger partial charge in [-0.25, -0.2) is 4.98 Å². The summed E-state index contributed by atoms with van der Waals surface area (Å²) in [6.45, 7) is 5.04. The van der Waals surface area contributed by atoms with E-state index in [1.54, 1.807) is 0 Å². The molecule has 0 saturated carbocycles. The van der Waals surface area contributed by atoms with Gasteiger partial charge in [0.15, 0.2) is 0 Å². The fourth-order valence-corrected chi connectivity index (χ4v) is 2.94. The molecule has 0 atom stereocenters. The van der Waals surface area contributed by atoms with Gasteiger partial charge in [-0.2, -0.15) is 5.10 Å². The smallest absolute Gasteiger partial charge is 0.0945 e. The lowest BCUT2D eigenvalue weighted by Gasteiger charge is -2.06. The Balaban J connectivity index is 1.67. The summed E-state index contributed by atoms with van der Waals surface area (Å²) in [7, 11) is 2.00. The Morgan fingerprint density at radius 1 is 1.35 bits per heavy atom. The summed E-state index contributed by atoms with van der Waals surface area (Å²) < 4.78 is 5.22. The van der Waals surface area contributed by atoms with Crippen LogP contribution >= 0.6 is 15.9 Å². The highest BCUT2D eigenvalue weighted by Crippen LogP contribution is 2.21. The zero-order valence-electron chi connectivity index (χ0n) is 12.1. The average molecular weight is 340 g/mol. The summed E-state index contributed by atoms with van der Waals surface area (Å²) in [5, 5.41) is 7.98. The summed E-state index contributed by atoms with van der Waals surface area (Å²) in [5.74, 6) is 0. The first-order valence-electron chi connectivity index (χ1n) is 7.09. The Morgan fingerprint density at radius 3 is 2.85 bits per heavy atom. The lowest BCUT2D eigenvalue weighted by atomic mass is 10.3. The fraction of sp³-hybridized carbons (Fsp3) is 0.571. The minimum atomic E-state index is 0.856. The molecule has 0 bridgehead atoms. The van der Waals surface area contributed by atoms with Gasteiger partial charge >= 0.3 is 0 Å². The Bertz CT molecular complexity index is 518. The number of rotatable bonds is 8. The zero-order valence-corrected chi connectivity index (χ0v) is 13.7. The molecular weight excluding hydrogens is 318 g/mol. The molecule has 20 heavy (non-hydrogen) atoms. The largest absolute Gasteiger partial charge is 0.337 e. The second-order valence-corrected chi connectivity index (χ2v) is 5.66. The van der Waals surface area contributed by atoms with Gasteiger partial charge in [-0.3, -0.25) is 4.68 Å².